The molecule has 8 nitrogen and oxygen atoms in total. The van der Waals surface area contributed by atoms with Gasteiger partial charge in [-0.2, -0.15) is 0 Å². The number of hydrogen-bond donors (Lipinski definition) is 3. The van der Waals surface area contributed by atoms with E-state index >= 15 is 0 Å². The number of hydrogen-bond acceptors (Lipinski definition) is 5. The highest BCUT2D eigenvalue weighted by Crippen LogP contribution is 2.60. The molecule has 0 aromatic heterocycles. The molecule has 3 aliphatic carbocycles. The van der Waals surface area contributed by atoms with Gasteiger partial charge in [0.25, 0.3) is 11.8 Å². The standard InChI is InChI=1S/C20H19ClFN3O5S/c21-15-5-4-13(7-16(15)22)30-8-17(26)24-19-9-20(10-19,11-19)25-18(27)12-2-1-3-14(6-12)31(23,28)29/h1-7H,8-11H2,(H,24,26)(H,25,27)(H2,23,28,29). The Morgan fingerprint density at radius 3 is 2.42 bits per heavy atom. The van der Waals surface area contributed by atoms with Crippen LogP contribution in [0.3, 0.4) is 0 Å². The fourth-order valence-electron chi connectivity index (χ4n) is 4.23. The molecule has 0 unspecified atom stereocenters. The zero-order chi connectivity index (χ0) is 22.4. The van der Waals surface area contributed by atoms with Crippen LogP contribution >= 0.6 is 11.6 Å². The van der Waals surface area contributed by atoms with Gasteiger partial charge in [0.1, 0.15) is 11.6 Å². The Morgan fingerprint density at radius 2 is 1.77 bits per heavy atom. The molecule has 0 spiro atoms. The molecule has 3 fully saturated rings. The van der Waals surface area contributed by atoms with E-state index in [2.05, 4.69) is 10.6 Å². The minimum atomic E-state index is -3.90. The highest BCUT2D eigenvalue weighted by molar-refractivity contribution is 7.89. The fourth-order valence-corrected chi connectivity index (χ4v) is 4.90. The molecule has 0 aliphatic heterocycles. The number of amides is 2. The first kappa shape index (κ1) is 21.5. The Morgan fingerprint density at radius 1 is 1.10 bits per heavy atom. The molecular weight excluding hydrogens is 449 g/mol. The number of halogens is 2. The lowest BCUT2D eigenvalue weighted by molar-refractivity contribution is -0.141. The van der Waals surface area contributed by atoms with E-state index in [1.54, 1.807) is 0 Å². The molecule has 0 atom stereocenters. The summed E-state index contributed by atoms with van der Waals surface area (Å²) < 4.78 is 41.6. The van der Waals surface area contributed by atoms with Gasteiger partial charge in [0, 0.05) is 22.7 Å². The highest BCUT2D eigenvalue weighted by atomic mass is 35.5. The van der Waals surface area contributed by atoms with Crippen molar-refractivity contribution in [2.75, 3.05) is 6.61 Å². The van der Waals surface area contributed by atoms with E-state index in [1.165, 1.54) is 36.4 Å². The number of carbonyl (C=O) groups is 2. The first-order valence-corrected chi connectivity index (χ1v) is 11.3. The van der Waals surface area contributed by atoms with Crippen molar-refractivity contribution in [3.05, 3.63) is 58.9 Å². The fraction of sp³-hybridized carbons (Fsp3) is 0.300. The van der Waals surface area contributed by atoms with Crippen molar-refractivity contribution in [1.29, 1.82) is 0 Å². The van der Waals surface area contributed by atoms with Crippen LogP contribution in [-0.4, -0.2) is 37.9 Å². The molecule has 2 amide bonds. The molecule has 164 valence electrons. The van der Waals surface area contributed by atoms with E-state index in [9.17, 15) is 22.4 Å². The molecule has 0 radical (unpaired) electrons. The summed E-state index contributed by atoms with van der Waals surface area (Å²) in [5.41, 5.74) is -0.637. The smallest absolute Gasteiger partial charge is 0.258 e. The van der Waals surface area contributed by atoms with Crippen molar-refractivity contribution in [2.24, 2.45) is 5.14 Å². The number of ether oxygens (including phenoxy) is 1. The summed E-state index contributed by atoms with van der Waals surface area (Å²) >= 11 is 5.61. The van der Waals surface area contributed by atoms with Crippen LogP contribution in [0.25, 0.3) is 0 Å². The average molecular weight is 468 g/mol. The Labute approximate surface area is 183 Å². The number of nitrogens with one attached hydrogen (secondary N) is 2. The third-order valence-corrected chi connectivity index (χ3v) is 6.72. The summed E-state index contributed by atoms with van der Waals surface area (Å²) in [6.45, 7) is -0.275. The predicted octanol–water partition coefficient (Wildman–Crippen LogP) is 1.73. The van der Waals surface area contributed by atoms with Gasteiger partial charge >= 0.3 is 0 Å². The SMILES string of the molecule is NS(=O)(=O)c1cccc(C(=O)NC23CC(NC(=O)COc4ccc(Cl)c(F)c4)(C2)C3)c1. The van der Waals surface area contributed by atoms with Gasteiger partial charge in [-0.3, -0.25) is 9.59 Å². The van der Waals surface area contributed by atoms with Crippen molar-refractivity contribution < 1.29 is 27.1 Å². The van der Waals surface area contributed by atoms with Gasteiger partial charge in [0.2, 0.25) is 10.0 Å². The quantitative estimate of drug-likeness (QED) is 0.571. The van der Waals surface area contributed by atoms with Crippen LogP contribution in [0.5, 0.6) is 5.75 Å². The summed E-state index contributed by atoms with van der Waals surface area (Å²) in [6, 6.07) is 9.41. The molecule has 2 aromatic rings. The van der Waals surface area contributed by atoms with Crippen LogP contribution in [0.1, 0.15) is 29.6 Å². The number of primary sulfonamides is 1. The minimum absolute atomic E-state index is 0.0330. The molecule has 4 N–H and O–H groups in total. The first-order valence-electron chi connectivity index (χ1n) is 9.34. The zero-order valence-corrected chi connectivity index (χ0v) is 17.7. The molecular formula is C20H19ClFN3O5S. The van der Waals surface area contributed by atoms with E-state index < -0.39 is 32.8 Å². The zero-order valence-electron chi connectivity index (χ0n) is 16.2. The van der Waals surface area contributed by atoms with Crippen molar-refractivity contribution >= 4 is 33.4 Å². The minimum Gasteiger partial charge on any atom is -0.484 e. The summed E-state index contributed by atoms with van der Waals surface area (Å²) in [6.07, 6.45) is 1.67. The maximum atomic E-state index is 13.4. The third-order valence-electron chi connectivity index (χ3n) is 5.50. The van der Waals surface area contributed by atoms with E-state index in [0.29, 0.717) is 19.3 Å². The van der Waals surface area contributed by atoms with E-state index in [0.717, 1.165) is 6.07 Å². The van der Waals surface area contributed by atoms with E-state index in [4.69, 9.17) is 21.5 Å². The summed E-state index contributed by atoms with van der Waals surface area (Å²) in [5, 5.41) is 10.9. The number of rotatable bonds is 7. The maximum Gasteiger partial charge on any atom is 0.258 e. The predicted molar refractivity (Wildman–Crippen MR) is 110 cm³/mol. The number of nitrogens with two attached hydrogens (primary N) is 1. The highest BCUT2D eigenvalue weighted by Gasteiger charge is 2.69. The number of benzene rings is 2. The molecule has 0 heterocycles. The average Bonchev–Trinajstić information content (AvgIpc) is 2.65. The Kier molecular flexibility index (Phi) is 5.19. The van der Waals surface area contributed by atoms with Crippen molar-refractivity contribution in [3.63, 3.8) is 0 Å². The van der Waals surface area contributed by atoms with Gasteiger partial charge in [-0.1, -0.05) is 17.7 Å². The Balaban J connectivity index is 1.27. The third kappa shape index (κ3) is 4.36. The second-order valence-electron chi connectivity index (χ2n) is 8.03. The summed E-state index contributed by atoms with van der Waals surface area (Å²) in [7, 11) is -3.90. The van der Waals surface area contributed by atoms with Crippen LogP contribution in [0.2, 0.25) is 5.02 Å². The normalized spacial score (nSPS) is 23.8. The Hall–Kier alpha value is -2.69. The number of sulfonamides is 1. The molecule has 3 aliphatic rings. The summed E-state index contributed by atoms with van der Waals surface area (Å²) in [4.78, 5) is 24.5. The summed E-state index contributed by atoms with van der Waals surface area (Å²) in [5.74, 6) is -1.19. The lowest BCUT2D eigenvalue weighted by Gasteiger charge is -2.70. The second-order valence-corrected chi connectivity index (χ2v) is 10.00. The van der Waals surface area contributed by atoms with E-state index in [-0.39, 0.29) is 33.7 Å². The molecule has 31 heavy (non-hydrogen) atoms. The lowest BCUT2D eigenvalue weighted by Crippen LogP contribution is -2.84. The van der Waals surface area contributed by atoms with Crippen LogP contribution in [0.4, 0.5) is 4.39 Å². The lowest BCUT2D eigenvalue weighted by atomic mass is 9.44. The molecule has 5 rings (SSSR count). The van der Waals surface area contributed by atoms with Crippen LogP contribution in [-0.2, 0) is 14.8 Å². The van der Waals surface area contributed by atoms with Gasteiger partial charge in [0.05, 0.1) is 9.92 Å². The maximum absolute atomic E-state index is 13.4. The van der Waals surface area contributed by atoms with Crippen molar-refractivity contribution in [3.8, 4) is 5.75 Å². The molecule has 0 saturated heterocycles. The Bertz CT molecular complexity index is 1170. The topological polar surface area (TPSA) is 128 Å². The van der Waals surface area contributed by atoms with Crippen molar-refractivity contribution in [1.82, 2.24) is 10.6 Å². The van der Waals surface area contributed by atoms with Gasteiger partial charge < -0.3 is 15.4 Å². The largest absolute Gasteiger partial charge is 0.484 e. The van der Waals surface area contributed by atoms with Crippen molar-refractivity contribution in [2.45, 2.75) is 35.2 Å². The van der Waals surface area contributed by atoms with Gasteiger partial charge in [0.15, 0.2) is 6.61 Å². The second kappa shape index (κ2) is 7.47. The first-order chi connectivity index (χ1) is 14.5. The van der Waals surface area contributed by atoms with Gasteiger partial charge in [-0.05, 0) is 49.6 Å². The van der Waals surface area contributed by atoms with Gasteiger partial charge in [-0.15, -0.1) is 0 Å². The molecule has 11 heteroatoms. The monoisotopic (exact) mass is 467 g/mol. The molecule has 2 bridgehead atoms. The molecule has 3 saturated carbocycles. The van der Waals surface area contributed by atoms with Crippen LogP contribution in [0, 0.1) is 5.82 Å². The van der Waals surface area contributed by atoms with E-state index in [1.807, 2.05) is 0 Å². The van der Waals surface area contributed by atoms with Crippen LogP contribution in [0.15, 0.2) is 47.4 Å². The van der Waals surface area contributed by atoms with Gasteiger partial charge in [-0.25, -0.2) is 17.9 Å². The molecule has 2 aromatic carbocycles. The van der Waals surface area contributed by atoms with Crippen LogP contribution < -0.4 is 20.5 Å². The number of carbonyl (C=O) groups excluding carboxylic acids is 2.